The number of carbonyl (C=O) groups excluding carboxylic acids is 1. The van der Waals surface area contributed by atoms with E-state index in [-0.39, 0.29) is 5.97 Å². The SMILES string of the molecule is CCOC(=O)c1cc2c(C)cc(Br)cc2[nH]1. The summed E-state index contributed by atoms with van der Waals surface area (Å²) in [5.74, 6) is -0.311. The number of hydrogen-bond acceptors (Lipinski definition) is 2. The zero-order chi connectivity index (χ0) is 11.7. The number of ether oxygens (including phenoxy) is 1. The highest BCUT2D eigenvalue weighted by Crippen LogP contribution is 2.24. The minimum absolute atomic E-state index is 0.311. The maximum atomic E-state index is 11.5. The summed E-state index contributed by atoms with van der Waals surface area (Å²) in [6, 6.07) is 5.80. The molecule has 0 aliphatic heterocycles. The smallest absolute Gasteiger partial charge is 0.354 e. The zero-order valence-corrected chi connectivity index (χ0v) is 10.7. The molecule has 4 heteroatoms. The van der Waals surface area contributed by atoms with Crippen LogP contribution in [0.15, 0.2) is 22.7 Å². The average Bonchev–Trinajstić information content (AvgIpc) is 2.62. The van der Waals surface area contributed by atoms with Crippen LogP contribution in [0.3, 0.4) is 0 Å². The number of rotatable bonds is 2. The molecule has 0 aliphatic carbocycles. The van der Waals surface area contributed by atoms with Gasteiger partial charge in [-0.3, -0.25) is 0 Å². The molecule has 0 unspecified atom stereocenters. The Balaban J connectivity index is 2.51. The molecule has 1 aromatic heterocycles. The molecule has 84 valence electrons. The highest BCUT2D eigenvalue weighted by Gasteiger charge is 2.11. The number of aromatic amines is 1. The lowest BCUT2D eigenvalue weighted by Crippen LogP contribution is -2.04. The van der Waals surface area contributed by atoms with E-state index < -0.39 is 0 Å². The first kappa shape index (κ1) is 11.2. The Morgan fingerprint density at radius 3 is 2.88 bits per heavy atom. The summed E-state index contributed by atoms with van der Waals surface area (Å²) >= 11 is 3.42. The van der Waals surface area contributed by atoms with Crippen LogP contribution in [0.5, 0.6) is 0 Å². The molecule has 3 nitrogen and oxygen atoms in total. The molecule has 1 aromatic carbocycles. The third-order valence-corrected chi connectivity index (χ3v) is 2.86. The molecule has 0 atom stereocenters. The number of H-pyrrole nitrogens is 1. The Morgan fingerprint density at radius 2 is 2.19 bits per heavy atom. The fourth-order valence-electron chi connectivity index (χ4n) is 1.69. The van der Waals surface area contributed by atoms with Gasteiger partial charge in [-0.15, -0.1) is 0 Å². The van der Waals surface area contributed by atoms with Crippen LogP contribution in [0.1, 0.15) is 23.0 Å². The van der Waals surface area contributed by atoms with Gasteiger partial charge in [-0.05, 0) is 37.6 Å². The predicted octanol–water partition coefficient (Wildman–Crippen LogP) is 3.42. The van der Waals surface area contributed by atoms with E-state index in [1.165, 1.54) is 0 Å². The topological polar surface area (TPSA) is 42.1 Å². The summed E-state index contributed by atoms with van der Waals surface area (Å²) in [7, 11) is 0. The fraction of sp³-hybridized carbons (Fsp3) is 0.250. The second kappa shape index (κ2) is 4.29. The molecule has 1 N–H and O–H groups in total. The fourth-order valence-corrected chi connectivity index (χ4v) is 2.27. The number of carbonyl (C=O) groups is 1. The van der Waals surface area contributed by atoms with Crippen molar-refractivity contribution in [2.24, 2.45) is 0 Å². The summed E-state index contributed by atoms with van der Waals surface area (Å²) in [5, 5.41) is 1.05. The first-order valence-corrected chi connectivity index (χ1v) is 5.87. The van der Waals surface area contributed by atoms with Gasteiger partial charge >= 0.3 is 5.97 Å². The molecule has 0 saturated heterocycles. The maximum absolute atomic E-state index is 11.5. The van der Waals surface area contributed by atoms with Gasteiger partial charge in [-0.1, -0.05) is 15.9 Å². The summed E-state index contributed by atoms with van der Waals surface area (Å²) < 4.78 is 5.94. The van der Waals surface area contributed by atoms with Crippen molar-refractivity contribution >= 4 is 32.8 Å². The van der Waals surface area contributed by atoms with Gasteiger partial charge in [0.25, 0.3) is 0 Å². The molecule has 1 heterocycles. The van der Waals surface area contributed by atoms with Gasteiger partial charge in [-0.2, -0.15) is 0 Å². The van der Waals surface area contributed by atoms with Crippen LogP contribution in [0.25, 0.3) is 10.9 Å². The van der Waals surface area contributed by atoms with Crippen molar-refractivity contribution in [3.63, 3.8) is 0 Å². The van der Waals surface area contributed by atoms with Crippen LogP contribution < -0.4 is 0 Å². The molecular weight excluding hydrogens is 270 g/mol. The molecule has 0 radical (unpaired) electrons. The Morgan fingerprint density at radius 1 is 1.44 bits per heavy atom. The summed E-state index contributed by atoms with van der Waals surface area (Å²) in [5.41, 5.74) is 2.56. The van der Waals surface area contributed by atoms with Crippen LogP contribution in [0.4, 0.5) is 0 Å². The van der Waals surface area contributed by atoms with Gasteiger partial charge in [-0.25, -0.2) is 4.79 Å². The van der Waals surface area contributed by atoms with Gasteiger partial charge in [0.05, 0.1) is 6.61 Å². The minimum atomic E-state index is -0.311. The van der Waals surface area contributed by atoms with Crippen LogP contribution in [-0.2, 0) is 4.74 Å². The monoisotopic (exact) mass is 281 g/mol. The van der Waals surface area contributed by atoms with E-state index in [0.717, 1.165) is 20.9 Å². The zero-order valence-electron chi connectivity index (χ0n) is 9.13. The molecule has 0 saturated carbocycles. The number of halogens is 1. The molecule has 2 aromatic rings. The van der Waals surface area contributed by atoms with Gasteiger partial charge in [0.2, 0.25) is 0 Å². The molecule has 2 rings (SSSR count). The lowest BCUT2D eigenvalue weighted by atomic mass is 10.1. The van der Waals surface area contributed by atoms with Crippen molar-refractivity contribution in [3.8, 4) is 0 Å². The summed E-state index contributed by atoms with van der Waals surface area (Å²) in [4.78, 5) is 14.6. The van der Waals surface area contributed by atoms with E-state index in [1.807, 2.05) is 25.1 Å². The number of esters is 1. The van der Waals surface area contributed by atoms with E-state index in [9.17, 15) is 4.79 Å². The maximum Gasteiger partial charge on any atom is 0.354 e. The largest absolute Gasteiger partial charge is 0.461 e. The average molecular weight is 282 g/mol. The van der Waals surface area contributed by atoms with Crippen LogP contribution in [0, 0.1) is 6.92 Å². The third kappa shape index (κ3) is 1.97. The number of nitrogens with one attached hydrogen (secondary N) is 1. The minimum Gasteiger partial charge on any atom is -0.461 e. The van der Waals surface area contributed by atoms with E-state index in [4.69, 9.17) is 4.74 Å². The van der Waals surface area contributed by atoms with Crippen molar-refractivity contribution in [1.29, 1.82) is 0 Å². The van der Waals surface area contributed by atoms with Crippen molar-refractivity contribution in [2.75, 3.05) is 6.61 Å². The first-order chi connectivity index (χ1) is 7.61. The predicted molar refractivity (Wildman–Crippen MR) is 66.7 cm³/mol. The Bertz CT molecular complexity index is 545. The van der Waals surface area contributed by atoms with E-state index >= 15 is 0 Å². The molecule has 0 amide bonds. The number of aromatic nitrogens is 1. The van der Waals surface area contributed by atoms with Gasteiger partial charge < -0.3 is 9.72 Å². The molecule has 0 aliphatic rings. The standard InChI is InChI=1S/C12H12BrNO2/c1-3-16-12(15)11-6-9-7(2)4-8(13)5-10(9)14-11/h4-6,14H,3H2,1-2H3. The van der Waals surface area contributed by atoms with Crippen LogP contribution in [-0.4, -0.2) is 17.6 Å². The number of hydrogen-bond donors (Lipinski definition) is 1. The second-order valence-corrected chi connectivity index (χ2v) is 4.50. The number of benzene rings is 1. The summed E-state index contributed by atoms with van der Waals surface area (Å²) in [6.07, 6.45) is 0. The summed E-state index contributed by atoms with van der Waals surface area (Å²) in [6.45, 7) is 4.19. The molecular formula is C12H12BrNO2. The molecule has 16 heavy (non-hydrogen) atoms. The van der Waals surface area contributed by atoms with Crippen molar-refractivity contribution in [1.82, 2.24) is 4.98 Å². The first-order valence-electron chi connectivity index (χ1n) is 5.08. The molecule has 0 spiro atoms. The number of fused-ring (bicyclic) bond motifs is 1. The van der Waals surface area contributed by atoms with Crippen molar-refractivity contribution in [2.45, 2.75) is 13.8 Å². The molecule has 0 bridgehead atoms. The lowest BCUT2D eigenvalue weighted by molar-refractivity contribution is 0.0520. The third-order valence-electron chi connectivity index (χ3n) is 2.40. The highest BCUT2D eigenvalue weighted by molar-refractivity contribution is 9.10. The lowest BCUT2D eigenvalue weighted by Gasteiger charge is -1.96. The van der Waals surface area contributed by atoms with E-state index in [0.29, 0.717) is 12.3 Å². The van der Waals surface area contributed by atoms with Gasteiger partial charge in [0.1, 0.15) is 5.69 Å². The number of aryl methyl sites for hydroxylation is 1. The quantitative estimate of drug-likeness (QED) is 0.857. The van der Waals surface area contributed by atoms with Crippen molar-refractivity contribution in [3.05, 3.63) is 33.9 Å². The Kier molecular flexibility index (Phi) is 3.01. The van der Waals surface area contributed by atoms with Crippen LogP contribution >= 0.6 is 15.9 Å². The highest BCUT2D eigenvalue weighted by atomic mass is 79.9. The van der Waals surface area contributed by atoms with Gasteiger partial charge in [0.15, 0.2) is 0 Å². The van der Waals surface area contributed by atoms with Crippen molar-refractivity contribution < 1.29 is 9.53 Å². The molecule has 0 fully saturated rings. The van der Waals surface area contributed by atoms with Gasteiger partial charge in [0, 0.05) is 15.4 Å². The second-order valence-electron chi connectivity index (χ2n) is 3.59. The van der Waals surface area contributed by atoms with Crippen LogP contribution in [0.2, 0.25) is 0 Å². The van der Waals surface area contributed by atoms with E-state index in [2.05, 4.69) is 20.9 Å². The Hall–Kier alpha value is -1.29. The normalized spacial score (nSPS) is 10.7. The Labute approximate surface area is 102 Å². The van der Waals surface area contributed by atoms with E-state index in [1.54, 1.807) is 6.92 Å².